The van der Waals surface area contributed by atoms with E-state index in [4.69, 9.17) is 0 Å². The second kappa shape index (κ2) is 8.79. The quantitative estimate of drug-likeness (QED) is 0.414. The molecule has 9 atom stereocenters. The Hall–Kier alpha value is -0.330. The molecule has 31 heavy (non-hydrogen) atoms. The summed E-state index contributed by atoms with van der Waals surface area (Å²) in [6.45, 7) is 17.2. The monoisotopic (exact) mass is 428 g/mol. The molecule has 0 saturated heterocycles. The van der Waals surface area contributed by atoms with Gasteiger partial charge in [0.25, 0.3) is 0 Å². The number of Topliss-reactive ketones (excluding diaryl/α,β-unsaturated/α-hetero) is 1. The number of ketones is 1. The third-order valence-corrected chi connectivity index (χ3v) is 11.6. The topological polar surface area (TPSA) is 17.1 Å². The van der Waals surface area contributed by atoms with Crippen molar-refractivity contribution in [3.05, 3.63) is 0 Å². The molecule has 0 aromatic heterocycles. The molecule has 1 nitrogen and oxygen atoms in total. The van der Waals surface area contributed by atoms with E-state index in [1.54, 1.807) is 0 Å². The largest absolute Gasteiger partial charge is 0.299 e. The van der Waals surface area contributed by atoms with Crippen LogP contribution in [0.25, 0.3) is 0 Å². The zero-order valence-corrected chi connectivity index (χ0v) is 21.9. The van der Waals surface area contributed by atoms with Crippen molar-refractivity contribution >= 4 is 5.78 Å². The molecule has 0 bridgehead atoms. The van der Waals surface area contributed by atoms with E-state index in [0.717, 1.165) is 41.9 Å². The minimum atomic E-state index is 0.325. The fourth-order valence-electron chi connectivity index (χ4n) is 9.80. The zero-order valence-electron chi connectivity index (χ0n) is 21.9. The van der Waals surface area contributed by atoms with Crippen LogP contribution >= 0.6 is 0 Å². The first-order valence-electron chi connectivity index (χ1n) is 14.1. The molecule has 4 aliphatic carbocycles. The van der Waals surface area contributed by atoms with Gasteiger partial charge in [0.1, 0.15) is 5.78 Å². The highest BCUT2D eigenvalue weighted by Gasteiger charge is 2.61. The van der Waals surface area contributed by atoms with Crippen LogP contribution in [0.15, 0.2) is 0 Å². The highest BCUT2D eigenvalue weighted by Crippen LogP contribution is 2.68. The fraction of sp³-hybridized carbons (Fsp3) is 0.967. The molecule has 4 saturated carbocycles. The fourth-order valence-corrected chi connectivity index (χ4v) is 9.80. The Labute approximate surface area is 193 Å². The molecule has 0 radical (unpaired) electrons. The normalized spacial score (nSPS) is 46.0. The van der Waals surface area contributed by atoms with Crippen molar-refractivity contribution in [2.45, 2.75) is 119 Å². The van der Waals surface area contributed by atoms with Gasteiger partial charge in [-0.1, -0.05) is 67.7 Å². The van der Waals surface area contributed by atoms with Gasteiger partial charge in [0.2, 0.25) is 0 Å². The lowest BCUT2D eigenvalue weighted by Crippen LogP contribution is -2.55. The molecule has 0 spiro atoms. The molecule has 0 aliphatic heterocycles. The third kappa shape index (κ3) is 4.07. The van der Waals surface area contributed by atoms with Gasteiger partial charge in [-0.05, 0) is 103 Å². The summed E-state index contributed by atoms with van der Waals surface area (Å²) in [4.78, 5) is 12.9. The van der Waals surface area contributed by atoms with Crippen molar-refractivity contribution in [1.29, 1.82) is 0 Å². The predicted octanol–water partition coefficient (Wildman–Crippen LogP) is 8.56. The SMILES string of the molecule is CC(C)CCC[C@@H](C)[C@H]1CC[C@H]2[C@@H]3CC[C@H]4CC(=O)[C@H](C(C)C)C[C@]4(C)[C@H]3CC[C@]12C. The van der Waals surface area contributed by atoms with E-state index in [1.807, 2.05) is 0 Å². The van der Waals surface area contributed by atoms with Gasteiger partial charge in [-0.2, -0.15) is 0 Å². The number of hydrogen-bond donors (Lipinski definition) is 0. The van der Waals surface area contributed by atoms with Crippen LogP contribution in [0.3, 0.4) is 0 Å². The molecule has 4 fully saturated rings. The van der Waals surface area contributed by atoms with Crippen LogP contribution in [0.4, 0.5) is 0 Å². The second-order valence-electron chi connectivity index (χ2n) is 13.9. The van der Waals surface area contributed by atoms with E-state index in [-0.39, 0.29) is 0 Å². The summed E-state index contributed by atoms with van der Waals surface area (Å²) < 4.78 is 0. The highest BCUT2D eigenvalue weighted by atomic mass is 16.1. The van der Waals surface area contributed by atoms with E-state index >= 15 is 0 Å². The molecule has 178 valence electrons. The van der Waals surface area contributed by atoms with Crippen LogP contribution in [0.5, 0.6) is 0 Å². The summed E-state index contributed by atoms with van der Waals surface area (Å²) in [6.07, 6.45) is 15.0. The molecule has 0 aromatic rings. The maximum absolute atomic E-state index is 12.9. The highest BCUT2D eigenvalue weighted by molar-refractivity contribution is 5.82. The zero-order chi connectivity index (χ0) is 22.6. The first-order valence-corrected chi connectivity index (χ1v) is 14.1. The van der Waals surface area contributed by atoms with Crippen molar-refractivity contribution < 1.29 is 4.79 Å². The Morgan fingerprint density at radius 1 is 0.871 bits per heavy atom. The van der Waals surface area contributed by atoms with Crippen LogP contribution < -0.4 is 0 Å². The van der Waals surface area contributed by atoms with Gasteiger partial charge in [0, 0.05) is 12.3 Å². The van der Waals surface area contributed by atoms with Gasteiger partial charge in [-0.25, -0.2) is 0 Å². The molecule has 1 heteroatoms. The summed E-state index contributed by atoms with van der Waals surface area (Å²) in [5.41, 5.74) is 1.01. The number of carbonyl (C=O) groups is 1. The minimum Gasteiger partial charge on any atom is -0.299 e. The summed E-state index contributed by atoms with van der Waals surface area (Å²) in [6, 6.07) is 0. The molecular weight excluding hydrogens is 376 g/mol. The lowest BCUT2D eigenvalue weighted by atomic mass is 9.43. The molecule has 4 aliphatic rings. The molecule has 0 amide bonds. The summed E-state index contributed by atoms with van der Waals surface area (Å²) in [7, 11) is 0. The lowest BCUT2D eigenvalue weighted by molar-refractivity contribution is -0.151. The van der Waals surface area contributed by atoms with Gasteiger partial charge < -0.3 is 0 Å². The van der Waals surface area contributed by atoms with E-state index in [1.165, 1.54) is 64.2 Å². The lowest BCUT2D eigenvalue weighted by Gasteiger charge is -2.61. The van der Waals surface area contributed by atoms with Crippen molar-refractivity contribution in [2.75, 3.05) is 0 Å². The smallest absolute Gasteiger partial charge is 0.136 e. The van der Waals surface area contributed by atoms with Crippen LogP contribution in [0, 0.1) is 64.1 Å². The number of fused-ring (bicyclic) bond motifs is 5. The summed E-state index contributed by atoms with van der Waals surface area (Å²) >= 11 is 0. The van der Waals surface area contributed by atoms with Gasteiger partial charge in [0.05, 0.1) is 0 Å². The first-order chi connectivity index (χ1) is 14.6. The molecule has 0 N–H and O–H groups in total. The summed E-state index contributed by atoms with van der Waals surface area (Å²) in [5.74, 6) is 7.58. The number of rotatable bonds is 6. The molecule has 0 unspecified atom stereocenters. The van der Waals surface area contributed by atoms with Crippen molar-refractivity contribution in [3.8, 4) is 0 Å². The standard InChI is InChI=1S/C30H52O/c1-19(2)9-8-10-21(5)25-13-14-26-23-12-11-22-17-28(31)24(20(3)4)18-30(22,7)27(23)15-16-29(25,26)6/h19-27H,8-18H2,1-7H3/t21-,22+,23+,24+,25-,26+,27+,29-,30+/m1/s1. The predicted molar refractivity (Wildman–Crippen MR) is 132 cm³/mol. The molecular formula is C30H52O. The van der Waals surface area contributed by atoms with Gasteiger partial charge in [-0.3, -0.25) is 4.79 Å². The van der Waals surface area contributed by atoms with Gasteiger partial charge in [-0.15, -0.1) is 0 Å². The minimum absolute atomic E-state index is 0.325. The van der Waals surface area contributed by atoms with Gasteiger partial charge in [0.15, 0.2) is 0 Å². The molecule has 0 heterocycles. The van der Waals surface area contributed by atoms with E-state index in [0.29, 0.717) is 34.4 Å². The maximum atomic E-state index is 12.9. The average Bonchev–Trinajstić information content (AvgIpc) is 3.05. The third-order valence-electron chi connectivity index (χ3n) is 11.6. The Balaban J connectivity index is 1.49. The second-order valence-corrected chi connectivity index (χ2v) is 13.9. The maximum Gasteiger partial charge on any atom is 0.136 e. The Morgan fingerprint density at radius 3 is 2.26 bits per heavy atom. The molecule has 0 aromatic carbocycles. The van der Waals surface area contributed by atoms with Crippen molar-refractivity contribution in [2.24, 2.45) is 64.1 Å². The average molecular weight is 429 g/mol. The van der Waals surface area contributed by atoms with Crippen LogP contribution in [0.1, 0.15) is 119 Å². The Morgan fingerprint density at radius 2 is 1.58 bits per heavy atom. The molecule has 4 rings (SSSR count). The number of hydrogen-bond acceptors (Lipinski definition) is 1. The summed E-state index contributed by atoms with van der Waals surface area (Å²) in [5, 5.41) is 0. The first kappa shape index (κ1) is 23.8. The Bertz CT molecular complexity index is 649. The number of carbonyl (C=O) groups excluding carboxylic acids is 1. The van der Waals surface area contributed by atoms with E-state index in [2.05, 4.69) is 48.5 Å². The van der Waals surface area contributed by atoms with Crippen LogP contribution in [-0.2, 0) is 4.79 Å². The van der Waals surface area contributed by atoms with Crippen molar-refractivity contribution in [3.63, 3.8) is 0 Å². The van der Waals surface area contributed by atoms with E-state index < -0.39 is 0 Å². The van der Waals surface area contributed by atoms with Crippen molar-refractivity contribution in [1.82, 2.24) is 0 Å². The van der Waals surface area contributed by atoms with E-state index in [9.17, 15) is 4.79 Å². The Kier molecular flexibility index (Phi) is 6.75. The van der Waals surface area contributed by atoms with Crippen LogP contribution in [-0.4, -0.2) is 5.78 Å². The van der Waals surface area contributed by atoms with Gasteiger partial charge >= 0.3 is 0 Å². The van der Waals surface area contributed by atoms with Crippen LogP contribution in [0.2, 0.25) is 0 Å².